The molecule has 190 valence electrons. The highest BCUT2D eigenvalue weighted by molar-refractivity contribution is 8.00. The van der Waals surface area contributed by atoms with Crippen molar-refractivity contribution in [1.82, 2.24) is 35.4 Å². The number of amides is 2. The molecule has 18 heteroatoms. The number of carboxylic acids is 1. The van der Waals surface area contributed by atoms with Crippen LogP contribution in [-0.2, 0) is 25.8 Å². The van der Waals surface area contributed by atoms with Gasteiger partial charge in [-0.1, -0.05) is 5.16 Å². The van der Waals surface area contributed by atoms with E-state index in [1.54, 1.807) is 0 Å². The van der Waals surface area contributed by atoms with Crippen LogP contribution in [0.5, 0.6) is 0 Å². The molecular weight excluding hydrogens is 534 g/mol. The fraction of sp³-hybridized carbons (Fsp3) is 0.333. The smallest absolute Gasteiger partial charge is 0.352 e. The van der Waals surface area contributed by atoms with E-state index < -0.39 is 29.2 Å². The number of thioether (sulfide) groups is 1. The first-order valence-corrected chi connectivity index (χ1v) is 12.5. The summed E-state index contributed by atoms with van der Waals surface area (Å²) >= 11 is 6.75. The number of aliphatic carboxylic acids is 1. The van der Waals surface area contributed by atoms with E-state index in [4.69, 9.17) is 15.7 Å². The number of fused-ring (bicyclic) bond motifs is 1. The number of aliphatic hydroxyl groups is 1. The molecule has 4 heterocycles. The molecule has 1 fully saturated rings. The standard InChI is InChI=1S/C18H19N9O6S3/c1-33-23-10(8-6-36-18(19)20-8)14(29)21-11-15(30)27-12(17(31)32)7(5-35-16(11)27)4-9(34)13-22-24-25-26(13)2-3-28/h4,6,11,16,28,34H,2-3,5H2,1H3,(H2,19,20)(H,21,29)(H,31,32). The Morgan fingerprint density at radius 3 is 2.89 bits per heavy atom. The number of carbonyl (C=O) groups is 3. The van der Waals surface area contributed by atoms with Gasteiger partial charge in [-0.25, -0.2) is 14.5 Å². The highest BCUT2D eigenvalue weighted by atomic mass is 32.2. The van der Waals surface area contributed by atoms with Crippen LogP contribution in [0.2, 0.25) is 0 Å². The molecule has 2 amide bonds. The van der Waals surface area contributed by atoms with E-state index in [0.29, 0.717) is 5.57 Å². The van der Waals surface area contributed by atoms with Crippen LogP contribution >= 0.6 is 35.7 Å². The summed E-state index contributed by atoms with van der Waals surface area (Å²) in [5.41, 5.74) is 5.71. The number of hydrogen-bond donors (Lipinski definition) is 5. The SMILES string of the molecule is CON=C(C(=O)NC1C(=O)N2C(C(=O)O)=C(C=C(S)c3nnnn3CCO)CSC12)c1csc(N)n1. The Balaban J connectivity index is 1.56. The number of β-lactam (4-membered cyclic amide) rings is 1. The molecule has 15 nitrogen and oxygen atoms in total. The number of thiazole rings is 1. The molecule has 2 aromatic rings. The average molecular weight is 554 g/mol. The minimum Gasteiger partial charge on any atom is -0.477 e. The Labute approximate surface area is 216 Å². The lowest BCUT2D eigenvalue weighted by molar-refractivity contribution is -0.150. The number of nitrogens with zero attached hydrogens (tertiary/aromatic N) is 7. The molecule has 0 saturated carbocycles. The van der Waals surface area contributed by atoms with Crippen molar-refractivity contribution in [2.45, 2.75) is 18.0 Å². The van der Waals surface area contributed by atoms with Crippen molar-refractivity contribution < 1.29 is 29.4 Å². The number of carbonyl (C=O) groups excluding carboxylic acids is 2. The molecule has 2 atom stereocenters. The van der Waals surface area contributed by atoms with Crippen molar-refractivity contribution in [3.8, 4) is 0 Å². The number of nitrogens with two attached hydrogens (primary N) is 1. The second-order valence-electron chi connectivity index (χ2n) is 7.21. The van der Waals surface area contributed by atoms with Gasteiger partial charge in [0.1, 0.15) is 29.9 Å². The molecule has 4 rings (SSSR count). The fourth-order valence-corrected chi connectivity index (χ4v) is 5.69. The van der Waals surface area contributed by atoms with Crippen LogP contribution in [0.1, 0.15) is 11.5 Å². The number of carboxylic acid groups (broad SMARTS) is 1. The highest BCUT2D eigenvalue weighted by Crippen LogP contribution is 2.41. The molecule has 2 unspecified atom stereocenters. The van der Waals surface area contributed by atoms with E-state index in [1.807, 2.05) is 0 Å². The summed E-state index contributed by atoms with van der Waals surface area (Å²) in [6, 6.07) is -0.993. The van der Waals surface area contributed by atoms with E-state index in [9.17, 15) is 19.5 Å². The highest BCUT2D eigenvalue weighted by Gasteiger charge is 2.54. The minimum absolute atomic E-state index is 0.121. The lowest BCUT2D eigenvalue weighted by Crippen LogP contribution is -2.71. The summed E-state index contributed by atoms with van der Waals surface area (Å²) in [5, 5.41) is 37.5. The molecular formula is C18H19N9O6S3. The van der Waals surface area contributed by atoms with Gasteiger partial charge < -0.3 is 26.1 Å². The Kier molecular flexibility index (Phi) is 7.57. The molecule has 0 aliphatic carbocycles. The van der Waals surface area contributed by atoms with Gasteiger partial charge in [0, 0.05) is 11.1 Å². The minimum atomic E-state index is -1.32. The van der Waals surface area contributed by atoms with Crippen LogP contribution in [0.25, 0.3) is 4.91 Å². The zero-order chi connectivity index (χ0) is 26.0. The maximum Gasteiger partial charge on any atom is 0.352 e. The van der Waals surface area contributed by atoms with Crippen LogP contribution < -0.4 is 11.1 Å². The number of tetrazole rings is 1. The Morgan fingerprint density at radius 2 is 2.25 bits per heavy atom. The summed E-state index contributed by atoms with van der Waals surface area (Å²) in [6.45, 7) is -0.0858. The first-order chi connectivity index (χ1) is 17.3. The van der Waals surface area contributed by atoms with Crippen molar-refractivity contribution in [2.75, 3.05) is 25.2 Å². The van der Waals surface area contributed by atoms with Crippen molar-refractivity contribution in [3.05, 3.63) is 34.2 Å². The van der Waals surface area contributed by atoms with Gasteiger partial charge in [0.2, 0.25) is 0 Å². The molecule has 0 radical (unpaired) electrons. The molecule has 36 heavy (non-hydrogen) atoms. The zero-order valence-electron chi connectivity index (χ0n) is 18.4. The van der Waals surface area contributed by atoms with Gasteiger partial charge in [0.15, 0.2) is 16.7 Å². The van der Waals surface area contributed by atoms with Gasteiger partial charge in [-0.15, -0.1) is 40.8 Å². The topological polar surface area (TPSA) is 211 Å². The molecule has 1 saturated heterocycles. The maximum atomic E-state index is 13.0. The average Bonchev–Trinajstić information content (AvgIpc) is 3.49. The first kappa shape index (κ1) is 25.6. The van der Waals surface area contributed by atoms with Crippen molar-refractivity contribution >= 4 is 69.3 Å². The number of thiol groups is 1. The molecule has 2 aliphatic heterocycles. The summed E-state index contributed by atoms with van der Waals surface area (Å²) in [5.74, 6) is -2.22. The summed E-state index contributed by atoms with van der Waals surface area (Å²) in [4.78, 5) is 48.0. The number of nitrogens with one attached hydrogen (secondary N) is 1. The van der Waals surface area contributed by atoms with Gasteiger partial charge in [-0.2, -0.15) is 0 Å². The normalized spacial score (nSPS) is 20.2. The largest absolute Gasteiger partial charge is 0.477 e. The maximum absolute atomic E-state index is 13.0. The fourth-order valence-electron chi connectivity index (χ4n) is 3.52. The Hall–Kier alpha value is -3.48. The number of rotatable bonds is 9. The third-order valence-electron chi connectivity index (χ3n) is 5.03. The molecule has 5 N–H and O–H groups in total. The van der Waals surface area contributed by atoms with E-state index in [0.717, 1.165) is 16.2 Å². The molecule has 2 aromatic heterocycles. The number of anilines is 1. The first-order valence-electron chi connectivity index (χ1n) is 10.1. The van der Waals surface area contributed by atoms with E-state index in [-0.39, 0.29) is 51.9 Å². The quantitative estimate of drug-likeness (QED) is 0.107. The number of allylic oxidation sites excluding steroid dienone is 1. The zero-order valence-corrected chi connectivity index (χ0v) is 21.0. The van der Waals surface area contributed by atoms with E-state index in [1.165, 1.54) is 35.0 Å². The number of oxime groups is 1. The van der Waals surface area contributed by atoms with Gasteiger partial charge in [0.25, 0.3) is 11.8 Å². The van der Waals surface area contributed by atoms with Crippen molar-refractivity contribution in [2.24, 2.45) is 5.16 Å². The number of nitrogen functional groups attached to an aromatic ring is 1. The third kappa shape index (κ3) is 4.79. The van der Waals surface area contributed by atoms with Crippen LogP contribution in [0.4, 0.5) is 5.13 Å². The molecule has 2 aliphatic rings. The third-order valence-corrected chi connectivity index (χ3v) is 7.34. The lowest BCUT2D eigenvalue weighted by Gasteiger charge is -2.49. The number of aromatic nitrogens is 5. The summed E-state index contributed by atoms with van der Waals surface area (Å²) in [6.07, 6.45) is 1.46. The number of aliphatic hydroxyl groups excluding tert-OH is 1. The van der Waals surface area contributed by atoms with E-state index >= 15 is 0 Å². The summed E-state index contributed by atoms with van der Waals surface area (Å²) < 4.78 is 1.31. The second kappa shape index (κ2) is 10.6. The Morgan fingerprint density at radius 1 is 1.47 bits per heavy atom. The van der Waals surface area contributed by atoms with Crippen LogP contribution in [0.15, 0.2) is 27.9 Å². The van der Waals surface area contributed by atoms with Gasteiger partial charge >= 0.3 is 5.97 Å². The van der Waals surface area contributed by atoms with Gasteiger partial charge in [0.05, 0.1) is 18.1 Å². The van der Waals surface area contributed by atoms with Crippen LogP contribution in [-0.4, -0.2) is 94.7 Å². The Bertz CT molecular complexity index is 1300. The molecule has 0 spiro atoms. The molecule has 0 aromatic carbocycles. The predicted octanol–water partition coefficient (Wildman–Crippen LogP) is -1.24. The number of hydrogen-bond acceptors (Lipinski definition) is 14. The van der Waals surface area contributed by atoms with Gasteiger partial charge in [-0.3, -0.25) is 14.5 Å². The van der Waals surface area contributed by atoms with Crippen molar-refractivity contribution in [1.29, 1.82) is 0 Å². The van der Waals surface area contributed by atoms with Crippen LogP contribution in [0.3, 0.4) is 0 Å². The predicted molar refractivity (Wildman–Crippen MR) is 132 cm³/mol. The lowest BCUT2D eigenvalue weighted by atomic mass is 10.0. The second-order valence-corrected chi connectivity index (χ2v) is 9.69. The van der Waals surface area contributed by atoms with Crippen molar-refractivity contribution in [3.63, 3.8) is 0 Å². The van der Waals surface area contributed by atoms with Crippen LogP contribution in [0, 0.1) is 0 Å². The van der Waals surface area contributed by atoms with Gasteiger partial charge in [-0.05, 0) is 22.1 Å². The monoisotopic (exact) mass is 553 g/mol. The summed E-state index contributed by atoms with van der Waals surface area (Å²) in [7, 11) is 1.26. The molecule has 0 bridgehead atoms. The van der Waals surface area contributed by atoms with E-state index in [2.05, 4.69) is 43.6 Å².